The van der Waals surface area contributed by atoms with E-state index in [1.807, 2.05) is 25.1 Å². The summed E-state index contributed by atoms with van der Waals surface area (Å²) in [5.41, 5.74) is 1.11. The quantitative estimate of drug-likeness (QED) is 0.697. The van der Waals surface area contributed by atoms with Gasteiger partial charge in [0.15, 0.2) is 0 Å². The summed E-state index contributed by atoms with van der Waals surface area (Å²) in [7, 11) is 0. The normalized spacial score (nSPS) is 12.5. The van der Waals surface area contributed by atoms with E-state index in [2.05, 4.69) is 26.1 Å². The number of benzene rings is 1. The van der Waals surface area contributed by atoms with Gasteiger partial charge in [0.2, 0.25) is 0 Å². The van der Waals surface area contributed by atoms with Crippen molar-refractivity contribution in [2.24, 2.45) is 5.92 Å². The van der Waals surface area contributed by atoms with Gasteiger partial charge in [-0.3, -0.25) is 0 Å². The van der Waals surface area contributed by atoms with Crippen LogP contribution in [-0.4, -0.2) is 31.0 Å². The van der Waals surface area contributed by atoms with Gasteiger partial charge in [-0.1, -0.05) is 33.8 Å². The number of aliphatic hydroxyl groups excluding tert-OH is 1. The Morgan fingerprint density at radius 1 is 1.19 bits per heavy atom. The Kier molecular flexibility index (Phi) is 8.16. The predicted octanol–water partition coefficient (Wildman–Crippen LogP) is 2.98. The molecule has 1 rings (SSSR count). The molecule has 0 bridgehead atoms. The average Bonchev–Trinajstić information content (AvgIpc) is 2.49. The summed E-state index contributed by atoms with van der Waals surface area (Å²) in [6.45, 7) is 10.4. The summed E-state index contributed by atoms with van der Waals surface area (Å²) in [5, 5.41) is 12.5. The van der Waals surface area contributed by atoms with Crippen molar-refractivity contribution in [1.82, 2.24) is 5.32 Å². The molecule has 0 amide bonds. The number of ether oxygens (including phenoxy) is 2. The highest BCUT2D eigenvalue weighted by molar-refractivity contribution is 5.40. The molecule has 1 atom stereocenters. The Bertz CT molecular complexity index is 407. The van der Waals surface area contributed by atoms with Crippen molar-refractivity contribution in [3.63, 3.8) is 0 Å². The van der Waals surface area contributed by atoms with Gasteiger partial charge < -0.3 is 19.9 Å². The van der Waals surface area contributed by atoms with Gasteiger partial charge in [-0.2, -0.15) is 0 Å². The van der Waals surface area contributed by atoms with Crippen molar-refractivity contribution in [3.05, 3.63) is 23.8 Å². The first-order valence-corrected chi connectivity index (χ1v) is 7.79. The Morgan fingerprint density at radius 2 is 1.95 bits per heavy atom. The minimum absolute atomic E-state index is 0.121. The molecule has 0 radical (unpaired) electrons. The summed E-state index contributed by atoms with van der Waals surface area (Å²) in [6, 6.07) is 6.39. The van der Waals surface area contributed by atoms with E-state index < -0.39 is 0 Å². The Morgan fingerprint density at radius 3 is 2.57 bits per heavy atom. The molecule has 0 heterocycles. The molecule has 0 fully saturated rings. The minimum Gasteiger partial charge on any atom is -0.493 e. The summed E-state index contributed by atoms with van der Waals surface area (Å²) >= 11 is 0. The molecule has 1 aromatic rings. The molecule has 0 aliphatic heterocycles. The summed E-state index contributed by atoms with van der Waals surface area (Å²) in [6.07, 6.45) is 0.981. The molecule has 4 heteroatoms. The first-order valence-electron chi connectivity index (χ1n) is 7.79. The molecule has 0 aliphatic rings. The lowest BCUT2D eigenvalue weighted by Gasteiger charge is -2.17. The van der Waals surface area contributed by atoms with E-state index in [-0.39, 0.29) is 12.5 Å². The first-order chi connectivity index (χ1) is 10.1. The topological polar surface area (TPSA) is 50.7 Å². The molecule has 120 valence electrons. The molecule has 0 aliphatic carbocycles. The van der Waals surface area contributed by atoms with Crippen molar-refractivity contribution in [3.8, 4) is 11.5 Å². The van der Waals surface area contributed by atoms with E-state index >= 15 is 0 Å². The first kappa shape index (κ1) is 17.8. The maximum Gasteiger partial charge on any atom is 0.127 e. The molecule has 0 saturated heterocycles. The van der Waals surface area contributed by atoms with Crippen molar-refractivity contribution >= 4 is 0 Å². The van der Waals surface area contributed by atoms with E-state index in [0.717, 1.165) is 30.0 Å². The third kappa shape index (κ3) is 6.82. The van der Waals surface area contributed by atoms with Crippen molar-refractivity contribution < 1.29 is 14.6 Å². The van der Waals surface area contributed by atoms with Crippen LogP contribution in [0.3, 0.4) is 0 Å². The minimum atomic E-state index is 0.121. The van der Waals surface area contributed by atoms with E-state index in [1.165, 1.54) is 0 Å². The highest BCUT2D eigenvalue weighted by atomic mass is 16.5. The monoisotopic (exact) mass is 295 g/mol. The van der Waals surface area contributed by atoms with E-state index in [1.54, 1.807) is 0 Å². The van der Waals surface area contributed by atoms with Crippen molar-refractivity contribution in [1.29, 1.82) is 0 Å². The third-order valence-corrected chi connectivity index (χ3v) is 3.05. The fourth-order valence-electron chi connectivity index (χ4n) is 1.72. The molecule has 4 nitrogen and oxygen atoms in total. The van der Waals surface area contributed by atoms with Gasteiger partial charge in [0, 0.05) is 36.7 Å². The van der Waals surface area contributed by atoms with Crippen LogP contribution in [0, 0.1) is 5.92 Å². The number of nitrogens with one attached hydrogen (secondary N) is 1. The van der Waals surface area contributed by atoms with Crippen LogP contribution < -0.4 is 14.8 Å². The zero-order chi connectivity index (χ0) is 15.7. The smallest absolute Gasteiger partial charge is 0.127 e. The van der Waals surface area contributed by atoms with Gasteiger partial charge in [0.05, 0.1) is 13.2 Å². The van der Waals surface area contributed by atoms with Crippen molar-refractivity contribution in [2.45, 2.75) is 46.7 Å². The van der Waals surface area contributed by atoms with Gasteiger partial charge in [0.25, 0.3) is 0 Å². The fraction of sp³-hybridized carbons (Fsp3) is 0.647. The van der Waals surface area contributed by atoms with Crippen LogP contribution in [0.4, 0.5) is 0 Å². The van der Waals surface area contributed by atoms with Crippen molar-refractivity contribution in [2.75, 3.05) is 19.8 Å². The maximum absolute atomic E-state index is 9.11. The zero-order valence-electron chi connectivity index (χ0n) is 13.7. The highest BCUT2D eigenvalue weighted by Gasteiger charge is 2.09. The van der Waals surface area contributed by atoms with E-state index in [0.29, 0.717) is 19.3 Å². The number of hydrogen-bond acceptors (Lipinski definition) is 4. The van der Waals surface area contributed by atoms with Crippen LogP contribution in [0.15, 0.2) is 18.2 Å². The average molecular weight is 295 g/mol. The second kappa shape index (κ2) is 9.64. The Labute approximate surface area is 128 Å². The van der Waals surface area contributed by atoms with Gasteiger partial charge in [-0.25, -0.2) is 0 Å². The highest BCUT2D eigenvalue weighted by Crippen LogP contribution is 2.26. The van der Waals surface area contributed by atoms with Crippen LogP contribution in [0.2, 0.25) is 0 Å². The molecule has 1 aromatic carbocycles. The van der Waals surface area contributed by atoms with Crippen LogP contribution in [0.5, 0.6) is 11.5 Å². The number of aliphatic hydroxyl groups is 1. The SMILES string of the molecule is CCCOc1ccc(CNC(C)C)c(OCC(C)CO)c1. The lowest BCUT2D eigenvalue weighted by Crippen LogP contribution is -2.22. The van der Waals surface area contributed by atoms with Gasteiger partial charge in [-0.05, 0) is 12.5 Å². The Balaban J connectivity index is 2.78. The standard InChI is InChI=1S/C17H29NO3/c1-5-8-20-16-7-6-15(10-18-13(2)3)17(9-16)21-12-14(4)11-19/h6-7,9,13-14,18-19H,5,8,10-12H2,1-4H3. The lowest BCUT2D eigenvalue weighted by molar-refractivity contribution is 0.173. The molecule has 0 aromatic heterocycles. The second-order valence-electron chi connectivity index (χ2n) is 5.75. The van der Waals surface area contributed by atoms with Gasteiger partial charge in [-0.15, -0.1) is 0 Å². The van der Waals surface area contributed by atoms with Crippen LogP contribution in [-0.2, 0) is 6.54 Å². The molecule has 0 saturated carbocycles. The largest absolute Gasteiger partial charge is 0.493 e. The molecule has 0 spiro atoms. The van der Waals surface area contributed by atoms with Gasteiger partial charge >= 0.3 is 0 Å². The molecule has 2 N–H and O–H groups in total. The zero-order valence-corrected chi connectivity index (χ0v) is 13.7. The second-order valence-corrected chi connectivity index (χ2v) is 5.75. The van der Waals surface area contributed by atoms with Gasteiger partial charge in [0.1, 0.15) is 11.5 Å². The van der Waals surface area contributed by atoms with Crippen LogP contribution >= 0.6 is 0 Å². The Hall–Kier alpha value is -1.26. The van der Waals surface area contributed by atoms with Crippen LogP contribution in [0.1, 0.15) is 39.7 Å². The van der Waals surface area contributed by atoms with E-state index in [4.69, 9.17) is 14.6 Å². The summed E-state index contributed by atoms with van der Waals surface area (Å²) < 4.78 is 11.5. The molecular formula is C17H29NO3. The number of hydrogen-bond donors (Lipinski definition) is 2. The number of rotatable bonds is 10. The molecule has 21 heavy (non-hydrogen) atoms. The molecular weight excluding hydrogens is 266 g/mol. The summed E-state index contributed by atoms with van der Waals surface area (Å²) in [5.74, 6) is 1.78. The predicted molar refractivity (Wildman–Crippen MR) is 85.9 cm³/mol. The summed E-state index contributed by atoms with van der Waals surface area (Å²) in [4.78, 5) is 0. The molecule has 1 unspecified atom stereocenters. The lowest BCUT2D eigenvalue weighted by atomic mass is 10.1. The van der Waals surface area contributed by atoms with Crippen LogP contribution in [0.25, 0.3) is 0 Å². The van der Waals surface area contributed by atoms with E-state index in [9.17, 15) is 0 Å². The third-order valence-electron chi connectivity index (χ3n) is 3.05. The fourth-order valence-corrected chi connectivity index (χ4v) is 1.72. The maximum atomic E-state index is 9.11.